The molecule has 0 aliphatic heterocycles. The van der Waals surface area contributed by atoms with Crippen LogP contribution >= 0.6 is 7.75 Å². The van der Waals surface area contributed by atoms with E-state index in [0.717, 1.165) is 17.6 Å². The Kier molecular flexibility index (Phi) is 18.1. The van der Waals surface area contributed by atoms with Gasteiger partial charge in [0.25, 0.3) is 0 Å². The van der Waals surface area contributed by atoms with Gasteiger partial charge in [-0.15, -0.1) is 0 Å². The van der Waals surface area contributed by atoms with Crippen LogP contribution in [0.5, 0.6) is 0 Å². The highest BCUT2D eigenvalue weighted by Crippen LogP contribution is 2.27. The first-order chi connectivity index (χ1) is 17.6. The molecule has 37 heavy (non-hydrogen) atoms. The van der Waals surface area contributed by atoms with Crippen molar-refractivity contribution in [3.05, 3.63) is 35.4 Å². The van der Waals surface area contributed by atoms with Gasteiger partial charge in [0.2, 0.25) is 0 Å². The lowest BCUT2D eigenvalue weighted by Crippen LogP contribution is -2.39. The third-order valence-electron chi connectivity index (χ3n) is 6.79. The van der Waals surface area contributed by atoms with Gasteiger partial charge in [0.05, 0.1) is 32.8 Å². The number of hydrogen-bond acceptors (Lipinski definition) is 3. The molecule has 0 aliphatic carbocycles. The smallest absolute Gasteiger partial charge is 0.400 e. The lowest BCUT2D eigenvalue weighted by atomic mass is 10.0. The van der Waals surface area contributed by atoms with E-state index in [1.165, 1.54) is 95.5 Å². The molecule has 0 fully saturated rings. The summed E-state index contributed by atoms with van der Waals surface area (Å²) in [6.07, 6.45) is 19.6. The summed E-state index contributed by atoms with van der Waals surface area (Å²) in [5, 5.41) is 2.08. The number of hydrogen-bond donors (Lipinski definition) is 3. The minimum Gasteiger partial charge on any atom is -0.462 e. The fraction of sp³-hybridized carbons (Fsp3) is 0.759. The molecule has 0 heterocycles. The quantitative estimate of drug-likeness (QED) is 0.0599. The van der Waals surface area contributed by atoms with Crippen LogP contribution in [0.15, 0.2) is 24.3 Å². The van der Waals surface area contributed by atoms with E-state index < -0.39 is 13.7 Å². The maximum absolute atomic E-state index is 12.2. The normalized spacial score (nSPS) is 12.1. The molecule has 0 unspecified atom stereocenters. The maximum Gasteiger partial charge on any atom is 0.400 e. The topological polar surface area (TPSA) is 95.9 Å². The molecule has 0 amide bonds. The Labute approximate surface area is 226 Å². The van der Waals surface area contributed by atoms with Gasteiger partial charge >= 0.3 is 13.7 Å². The maximum atomic E-state index is 12.2. The zero-order chi connectivity index (χ0) is 27.4. The molecule has 0 saturated carbocycles. The number of quaternary nitrogens is 1. The zero-order valence-corrected chi connectivity index (χ0v) is 24.7. The Hall–Kier alpha value is -1.24. The summed E-state index contributed by atoms with van der Waals surface area (Å²) < 4.78 is 16.8. The molecule has 0 aliphatic rings. The molecule has 0 bridgehead atoms. The van der Waals surface area contributed by atoms with Crippen LogP contribution in [0.4, 0.5) is 0 Å². The predicted molar refractivity (Wildman–Crippen MR) is 152 cm³/mol. The van der Waals surface area contributed by atoms with Crippen molar-refractivity contribution < 1.29 is 28.4 Å². The average molecular weight is 542 g/mol. The minimum absolute atomic E-state index is 0.0861. The van der Waals surface area contributed by atoms with Crippen LogP contribution < -0.4 is 5.09 Å². The van der Waals surface area contributed by atoms with Crippen molar-refractivity contribution in [1.82, 2.24) is 5.09 Å². The van der Waals surface area contributed by atoms with E-state index >= 15 is 0 Å². The third kappa shape index (κ3) is 19.5. The van der Waals surface area contributed by atoms with Gasteiger partial charge in [-0.1, -0.05) is 96.1 Å². The van der Waals surface area contributed by atoms with E-state index in [0.29, 0.717) is 12.0 Å². The highest BCUT2D eigenvalue weighted by molar-refractivity contribution is 7.49. The average Bonchev–Trinajstić information content (AvgIpc) is 2.83. The fourth-order valence-electron chi connectivity index (χ4n) is 4.60. The molecule has 3 N–H and O–H groups in total. The number of rotatable bonds is 23. The van der Waals surface area contributed by atoms with Gasteiger partial charge in [-0.3, -0.25) is 0 Å². The molecule has 0 saturated heterocycles. The Morgan fingerprint density at radius 3 is 1.78 bits per heavy atom. The van der Waals surface area contributed by atoms with Crippen LogP contribution in [0.25, 0.3) is 0 Å². The summed E-state index contributed by atoms with van der Waals surface area (Å²) >= 11 is 0. The number of esters is 1. The van der Waals surface area contributed by atoms with E-state index in [4.69, 9.17) is 14.5 Å². The van der Waals surface area contributed by atoms with E-state index in [-0.39, 0.29) is 13.2 Å². The first-order valence-electron chi connectivity index (χ1n) is 14.5. The molecule has 7 nitrogen and oxygen atoms in total. The van der Waals surface area contributed by atoms with Gasteiger partial charge in [0.15, 0.2) is 0 Å². The molecule has 214 valence electrons. The third-order valence-corrected chi connectivity index (χ3v) is 7.42. The van der Waals surface area contributed by atoms with Crippen LogP contribution in [0.1, 0.15) is 119 Å². The fourth-order valence-corrected chi connectivity index (χ4v) is 5.05. The zero-order valence-electron chi connectivity index (χ0n) is 23.8. The highest BCUT2D eigenvalue weighted by atomic mass is 31.2. The van der Waals surface area contributed by atoms with Crippen molar-refractivity contribution in [1.29, 1.82) is 0 Å². The van der Waals surface area contributed by atoms with Crippen molar-refractivity contribution in [3.63, 3.8) is 0 Å². The highest BCUT2D eigenvalue weighted by Gasteiger charge is 2.16. The van der Waals surface area contributed by atoms with Crippen molar-refractivity contribution >= 4 is 13.7 Å². The molecule has 1 rings (SSSR count). The summed E-state index contributed by atoms with van der Waals surface area (Å²) in [5.74, 6) is -0.418. The molecule has 1 aromatic rings. The van der Waals surface area contributed by atoms with E-state index in [2.05, 4.69) is 26.1 Å². The summed E-state index contributed by atoms with van der Waals surface area (Å²) in [7, 11) is 0.295. The number of carbonyl (C=O) groups is 1. The van der Waals surface area contributed by atoms with Crippen LogP contribution in [-0.4, -0.2) is 54.0 Å². The van der Waals surface area contributed by atoms with Crippen LogP contribution in [0.3, 0.4) is 0 Å². The molecular weight excluding hydrogens is 487 g/mol. The van der Waals surface area contributed by atoms with Crippen molar-refractivity contribution in [3.8, 4) is 0 Å². The van der Waals surface area contributed by atoms with Crippen LogP contribution in [0, 0.1) is 0 Å². The lowest BCUT2D eigenvalue weighted by molar-refractivity contribution is -0.903. The summed E-state index contributed by atoms with van der Waals surface area (Å²) in [6.45, 7) is 4.53. The standard InChI is InChI=1S/C29H53N2O5P/c1-4-5-6-7-8-9-10-11-12-13-14-15-16-17-24-31(2,3)26-27-19-21-28(22-20-27)29(32)36-25-18-23-30-37(33,34)35/h19-22H,4-18,23-26H2,1-3H3,(H2-,30,33,34,35)/p+1. The van der Waals surface area contributed by atoms with Gasteiger partial charge in [-0.05, 0) is 31.4 Å². The summed E-state index contributed by atoms with van der Waals surface area (Å²) in [6, 6.07) is 7.55. The Morgan fingerprint density at radius 1 is 0.811 bits per heavy atom. The van der Waals surface area contributed by atoms with E-state index in [9.17, 15) is 9.36 Å². The minimum atomic E-state index is -4.22. The Balaban J connectivity index is 2.11. The second-order valence-corrected chi connectivity index (χ2v) is 12.5. The van der Waals surface area contributed by atoms with Gasteiger partial charge < -0.3 is 19.0 Å². The number of benzene rings is 1. The molecule has 0 radical (unpaired) electrons. The number of nitrogens with zero attached hydrogens (tertiary/aromatic N) is 1. The number of ether oxygens (including phenoxy) is 1. The van der Waals surface area contributed by atoms with Crippen LogP contribution in [-0.2, 0) is 15.8 Å². The van der Waals surface area contributed by atoms with Crippen LogP contribution in [0.2, 0.25) is 0 Å². The molecule has 0 aromatic heterocycles. The van der Waals surface area contributed by atoms with Gasteiger partial charge in [-0.2, -0.15) is 0 Å². The first kappa shape index (κ1) is 33.8. The number of carbonyl (C=O) groups excluding carboxylic acids is 1. The van der Waals surface area contributed by atoms with Gasteiger partial charge in [0, 0.05) is 12.1 Å². The predicted octanol–water partition coefficient (Wildman–Crippen LogP) is 6.97. The summed E-state index contributed by atoms with van der Waals surface area (Å²) in [5.41, 5.74) is 1.68. The van der Waals surface area contributed by atoms with Crippen molar-refractivity contribution in [2.45, 2.75) is 110 Å². The molecule has 0 atom stereocenters. The molecular formula is C29H54N2O5P+. The number of nitrogens with one attached hydrogen (secondary N) is 1. The Bertz CT molecular complexity index is 764. The summed E-state index contributed by atoms with van der Waals surface area (Å²) in [4.78, 5) is 29.7. The van der Waals surface area contributed by atoms with E-state index in [1.807, 2.05) is 12.1 Å². The van der Waals surface area contributed by atoms with Crippen molar-refractivity contribution in [2.75, 3.05) is 33.8 Å². The largest absolute Gasteiger partial charge is 0.462 e. The van der Waals surface area contributed by atoms with E-state index in [1.54, 1.807) is 12.1 Å². The lowest BCUT2D eigenvalue weighted by Gasteiger charge is -2.30. The number of unbranched alkanes of at least 4 members (excludes halogenated alkanes) is 13. The monoisotopic (exact) mass is 541 g/mol. The first-order valence-corrected chi connectivity index (χ1v) is 16.1. The Morgan fingerprint density at radius 2 is 1.30 bits per heavy atom. The second kappa shape index (κ2) is 19.8. The second-order valence-electron chi connectivity index (χ2n) is 11.1. The van der Waals surface area contributed by atoms with Crippen molar-refractivity contribution in [2.24, 2.45) is 0 Å². The molecule has 8 heteroatoms. The van der Waals surface area contributed by atoms with Gasteiger partial charge in [0.1, 0.15) is 6.54 Å². The molecule has 0 spiro atoms. The molecule has 1 aromatic carbocycles. The SMILES string of the molecule is CCCCCCCCCCCCCCCC[N+](C)(C)Cc1ccc(C(=O)OCCCNP(=O)(O)O)cc1. The van der Waals surface area contributed by atoms with Gasteiger partial charge in [-0.25, -0.2) is 14.4 Å².